The molecule has 0 aliphatic carbocycles. The fourth-order valence-electron chi connectivity index (χ4n) is 1.93. The van der Waals surface area contributed by atoms with Crippen LogP contribution >= 0.6 is 12.2 Å². The second-order valence-electron chi connectivity index (χ2n) is 4.71. The van der Waals surface area contributed by atoms with Gasteiger partial charge in [0.15, 0.2) is 5.11 Å². The third kappa shape index (κ3) is 4.76. The van der Waals surface area contributed by atoms with Crippen molar-refractivity contribution in [3.05, 3.63) is 59.7 Å². The van der Waals surface area contributed by atoms with Crippen molar-refractivity contribution in [1.29, 1.82) is 0 Å². The highest BCUT2D eigenvalue weighted by Gasteiger charge is 2.03. The van der Waals surface area contributed by atoms with Gasteiger partial charge in [-0.05, 0) is 44.3 Å². The van der Waals surface area contributed by atoms with Crippen LogP contribution in [0.25, 0.3) is 0 Å². The topological polar surface area (TPSA) is 33.3 Å². The van der Waals surface area contributed by atoms with Crippen molar-refractivity contribution in [1.82, 2.24) is 5.32 Å². The largest absolute Gasteiger partial charge is 0.494 e. The zero-order valence-electron chi connectivity index (χ0n) is 12.3. The van der Waals surface area contributed by atoms with Gasteiger partial charge in [0, 0.05) is 17.8 Å². The van der Waals surface area contributed by atoms with Crippen molar-refractivity contribution in [3.63, 3.8) is 0 Å². The molecule has 0 unspecified atom stereocenters. The van der Waals surface area contributed by atoms with Crippen molar-refractivity contribution in [3.8, 4) is 5.75 Å². The first kappa shape index (κ1) is 15.3. The number of benzene rings is 2. The van der Waals surface area contributed by atoms with Crippen LogP contribution < -0.4 is 15.4 Å². The molecule has 110 valence electrons. The standard InChI is InChI=1S/C17H20N2OS/c1-3-20-16-7-5-4-6-14(16)12-18-17(21)19-15-10-8-13(2)9-11-15/h4-11H,3,12H2,1-2H3,(H2,18,19,21). The third-order valence-corrected chi connectivity index (χ3v) is 3.27. The number of hydrogen-bond acceptors (Lipinski definition) is 2. The van der Waals surface area contributed by atoms with Gasteiger partial charge >= 0.3 is 0 Å². The minimum absolute atomic E-state index is 0.602. The summed E-state index contributed by atoms with van der Waals surface area (Å²) in [5, 5.41) is 6.97. The molecule has 0 amide bonds. The Kier molecular flexibility index (Phi) is 5.58. The summed E-state index contributed by atoms with van der Waals surface area (Å²) in [5.41, 5.74) is 3.30. The van der Waals surface area contributed by atoms with Crippen LogP contribution in [0.3, 0.4) is 0 Å². The van der Waals surface area contributed by atoms with E-state index in [-0.39, 0.29) is 0 Å². The monoisotopic (exact) mass is 300 g/mol. The van der Waals surface area contributed by atoms with Gasteiger partial charge in [-0.1, -0.05) is 35.9 Å². The van der Waals surface area contributed by atoms with Crippen LogP contribution in [0.5, 0.6) is 5.75 Å². The molecule has 2 N–H and O–H groups in total. The SMILES string of the molecule is CCOc1ccccc1CNC(=S)Nc1ccc(C)cc1. The van der Waals surface area contributed by atoms with E-state index in [1.165, 1.54) is 5.56 Å². The second-order valence-corrected chi connectivity index (χ2v) is 5.12. The molecule has 2 aromatic carbocycles. The summed E-state index contributed by atoms with van der Waals surface area (Å²) in [7, 11) is 0. The predicted octanol–water partition coefficient (Wildman–Crippen LogP) is 3.88. The summed E-state index contributed by atoms with van der Waals surface area (Å²) in [6, 6.07) is 16.1. The van der Waals surface area contributed by atoms with Gasteiger partial charge in [-0.15, -0.1) is 0 Å². The summed E-state index contributed by atoms with van der Waals surface area (Å²) in [5.74, 6) is 0.894. The Morgan fingerprint density at radius 3 is 2.52 bits per heavy atom. The number of anilines is 1. The number of thiocarbonyl (C=S) groups is 1. The van der Waals surface area contributed by atoms with Crippen molar-refractivity contribution >= 4 is 23.0 Å². The molecule has 0 aliphatic heterocycles. The Balaban J connectivity index is 1.90. The van der Waals surface area contributed by atoms with Gasteiger partial charge < -0.3 is 15.4 Å². The lowest BCUT2D eigenvalue weighted by Crippen LogP contribution is -2.28. The lowest BCUT2D eigenvalue weighted by Gasteiger charge is -2.13. The van der Waals surface area contributed by atoms with Gasteiger partial charge in [0.2, 0.25) is 0 Å². The Morgan fingerprint density at radius 1 is 1.10 bits per heavy atom. The lowest BCUT2D eigenvalue weighted by atomic mass is 10.2. The van der Waals surface area contributed by atoms with E-state index in [9.17, 15) is 0 Å². The summed E-state index contributed by atoms with van der Waals surface area (Å²) in [6.45, 7) is 5.33. The lowest BCUT2D eigenvalue weighted by molar-refractivity contribution is 0.336. The number of aryl methyl sites for hydroxylation is 1. The van der Waals surface area contributed by atoms with Crippen LogP contribution in [0.2, 0.25) is 0 Å². The molecule has 0 bridgehead atoms. The number of hydrogen-bond donors (Lipinski definition) is 2. The van der Waals surface area contributed by atoms with E-state index < -0.39 is 0 Å². The Hall–Kier alpha value is -2.07. The van der Waals surface area contributed by atoms with E-state index in [2.05, 4.69) is 29.7 Å². The second kappa shape index (κ2) is 7.64. The number of para-hydroxylation sites is 1. The molecule has 4 heteroatoms. The molecular weight excluding hydrogens is 280 g/mol. The zero-order valence-corrected chi connectivity index (χ0v) is 13.2. The highest BCUT2D eigenvalue weighted by molar-refractivity contribution is 7.80. The first-order valence-electron chi connectivity index (χ1n) is 7.01. The Labute approximate surface area is 131 Å². The zero-order chi connectivity index (χ0) is 15.1. The molecular formula is C17H20N2OS. The quantitative estimate of drug-likeness (QED) is 0.821. The molecule has 0 saturated carbocycles. The summed E-state index contributed by atoms with van der Waals surface area (Å²) < 4.78 is 5.60. The van der Waals surface area contributed by atoms with E-state index >= 15 is 0 Å². The molecule has 3 nitrogen and oxygen atoms in total. The van der Waals surface area contributed by atoms with E-state index in [1.54, 1.807) is 0 Å². The maximum absolute atomic E-state index is 5.60. The van der Waals surface area contributed by atoms with Gasteiger partial charge in [-0.2, -0.15) is 0 Å². The normalized spacial score (nSPS) is 10.0. The van der Waals surface area contributed by atoms with Gasteiger partial charge in [-0.25, -0.2) is 0 Å². The van der Waals surface area contributed by atoms with Crippen LogP contribution in [0, 0.1) is 6.92 Å². The first-order valence-corrected chi connectivity index (χ1v) is 7.42. The van der Waals surface area contributed by atoms with Crippen LogP contribution in [-0.4, -0.2) is 11.7 Å². The summed E-state index contributed by atoms with van der Waals surface area (Å²) in [6.07, 6.45) is 0. The molecule has 0 fully saturated rings. The van der Waals surface area contributed by atoms with Crippen molar-refractivity contribution in [2.45, 2.75) is 20.4 Å². The van der Waals surface area contributed by atoms with Crippen molar-refractivity contribution in [2.75, 3.05) is 11.9 Å². The number of ether oxygens (including phenoxy) is 1. The predicted molar refractivity (Wildman–Crippen MR) is 91.9 cm³/mol. The molecule has 0 saturated heterocycles. The van der Waals surface area contributed by atoms with Gasteiger partial charge in [0.05, 0.1) is 6.61 Å². The molecule has 21 heavy (non-hydrogen) atoms. The molecule has 0 atom stereocenters. The molecule has 2 rings (SSSR count). The average Bonchev–Trinajstić information content (AvgIpc) is 2.49. The van der Waals surface area contributed by atoms with Gasteiger partial charge in [0.25, 0.3) is 0 Å². The summed E-state index contributed by atoms with van der Waals surface area (Å²) >= 11 is 5.31. The number of nitrogens with one attached hydrogen (secondary N) is 2. The molecule has 2 aromatic rings. The van der Waals surface area contributed by atoms with E-state index in [4.69, 9.17) is 17.0 Å². The van der Waals surface area contributed by atoms with Crippen LogP contribution in [0.15, 0.2) is 48.5 Å². The fourth-order valence-corrected chi connectivity index (χ4v) is 2.12. The third-order valence-electron chi connectivity index (χ3n) is 3.02. The van der Waals surface area contributed by atoms with E-state index in [0.717, 1.165) is 17.0 Å². The van der Waals surface area contributed by atoms with E-state index in [1.807, 2.05) is 43.3 Å². The van der Waals surface area contributed by atoms with Crippen molar-refractivity contribution < 1.29 is 4.74 Å². The minimum atomic E-state index is 0.602. The van der Waals surface area contributed by atoms with E-state index in [0.29, 0.717) is 18.3 Å². The molecule has 0 spiro atoms. The molecule has 0 radical (unpaired) electrons. The molecule has 0 aliphatic rings. The summed E-state index contributed by atoms with van der Waals surface area (Å²) in [4.78, 5) is 0. The average molecular weight is 300 g/mol. The van der Waals surface area contributed by atoms with Gasteiger partial charge in [0.1, 0.15) is 5.75 Å². The maximum Gasteiger partial charge on any atom is 0.171 e. The highest BCUT2D eigenvalue weighted by atomic mass is 32.1. The molecule has 0 aromatic heterocycles. The van der Waals surface area contributed by atoms with Crippen LogP contribution in [0.1, 0.15) is 18.1 Å². The molecule has 0 heterocycles. The van der Waals surface area contributed by atoms with Gasteiger partial charge in [-0.3, -0.25) is 0 Å². The Morgan fingerprint density at radius 2 is 1.81 bits per heavy atom. The Bertz CT molecular complexity index is 596. The minimum Gasteiger partial charge on any atom is -0.494 e. The highest BCUT2D eigenvalue weighted by Crippen LogP contribution is 2.17. The number of rotatable bonds is 5. The maximum atomic E-state index is 5.60. The van der Waals surface area contributed by atoms with Crippen molar-refractivity contribution in [2.24, 2.45) is 0 Å². The van der Waals surface area contributed by atoms with Crippen LogP contribution in [0.4, 0.5) is 5.69 Å². The van der Waals surface area contributed by atoms with Crippen LogP contribution in [-0.2, 0) is 6.54 Å². The smallest absolute Gasteiger partial charge is 0.171 e. The first-order chi connectivity index (χ1) is 10.2. The fraction of sp³-hybridized carbons (Fsp3) is 0.235.